The molecule has 0 heteroatoms. The summed E-state index contributed by atoms with van der Waals surface area (Å²) >= 11 is 0. The number of benzene rings is 4. The van der Waals surface area contributed by atoms with E-state index >= 15 is 0 Å². The van der Waals surface area contributed by atoms with Gasteiger partial charge in [-0.1, -0.05) is 66.7 Å². The number of aryl methyl sites for hydroxylation is 1. The van der Waals surface area contributed by atoms with Crippen molar-refractivity contribution in [3.8, 4) is 11.1 Å². The minimum absolute atomic E-state index is 1.06. The van der Waals surface area contributed by atoms with Gasteiger partial charge in [0.2, 0.25) is 0 Å². The molecule has 0 radical (unpaired) electrons. The van der Waals surface area contributed by atoms with E-state index in [0.29, 0.717) is 0 Å². The zero-order valence-electron chi connectivity index (χ0n) is 12.6. The molecule has 0 nitrogen and oxygen atoms in total. The molecule has 0 aliphatic heterocycles. The van der Waals surface area contributed by atoms with Gasteiger partial charge >= 0.3 is 0 Å². The minimum Gasteiger partial charge on any atom is -0.0616 e. The van der Waals surface area contributed by atoms with E-state index in [1.807, 2.05) is 0 Å². The average Bonchev–Trinajstić information content (AvgIpc) is 2.94. The van der Waals surface area contributed by atoms with Gasteiger partial charge in [0, 0.05) is 0 Å². The maximum Gasteiger partial charge on any atom is -0.00129 e. The van der Waals surface area contributed by atoms with Crippen molar-refractivity contribution < 1.29 is 0 Å². The molecule has 5 rings (SSSR count). The van der Waals surface area contributed by atoms with Gasteiger partial charge in [-0.05, 0) is 62.7 Å². The molecule has 0 fully saturated rings. The van der Waals surface area contributed by atoms with Crippen LogP contribution in [0.3, 0.4) is 0 Å². The largest absolute Gasteiger partial charge is 0.0616 e. The quantitative estimate of drug-likeness (QED) is 0.332. The van der Waals surface area contributed by atoms with Crippen molar-refractivity contribution in [1.29, 1.82) is 0 Å². The Hall–Kier alpha value is -2.60. The van der Waals surface area contributed by atoms with Crippen LogP contribution >= 0.6 is 0 Å². The molecule has 22 heavy (non-hydrogen) atoms. The number of fused-ring (bicyclic) bond motifs is 7. The van der Waals surface area contributed by atoms with Crippen LogP contribution in [-0.2, 0) is 6.42 Å². The lowest BCUT2D eigenvalue weighted by molar-refractivity contribution is 1.26. The van der Waals surface area contributed by atoms with E-state index in [1.54, 1.807) is 0 Å². The van der Waals surface area contributed by atoms with Crippen molar-refractivity contribution in [3.05, 3.63) is 83.4 Å². The lowest BCUT2D eigenvalue weighted by Gasteiger charge is -2.11. The number of hydrogen-bond acceptors (Lipinski definition) is 0. The van der Waals surface area contributed by atoms with Crippen molar-refractivity contribution >= 4 is 21.5 Å². The molecule has 0 amide bonds. The van der Waals surface area contributed by atoms with Crippen molar-refractivity contribution in [1.82, 2.24) is 0 Å². The maximum absolute atomic E-state index is 2.38. The fourth-order valence-electron chi connectivity index (χ4n) is 4.03. The van der Waals surface area contributed by atoms with Gasteiger partial charge in [0.15, 0.2) is 0 Å². The highest BCUT2D eigenvalue weighted by molar-refractivity contribution is 6.10. The Bertz CT molecular complexity index is 1050. The smallest absolute Gasteiger partial charge is 0.00129 e. The first-order chi connectivity index (χ1) is 10.8. The molecule has 1 aliphatic carbocycles. The van der Waals surface area contributed by atoms with Crippen LogP contribution in [0.5, 0.6) is 0 Å². The Balaban J connectivity index is 2.01. The molecule has 0 saturated heterocycles. The molecule has 4 aromatic rings. The van der Waals surface area contributed by atoms with Crippen LogP contribution in [0.25, 0.3) is 32.7 Å². The number of hydrogen-bond donors (Lipinski definition) is 0. The molecule has 0 unspecified atom stereocenters. The summed E-state index contributed by atoms with van der Waals surface area (Å²) < 4.78 is 0. The molecule has 104 valence electrons. The minimum atomic E-state index is 1.06. The summed E-state index contributed by atoms with van der Waals surface area (Å²) in [6.07, 6.45) is 1.06. The third-order valence-corrected chi connectivity index (χ3v) is 4.98. The molecule has 0 saturated carbocycles. The molecule has 0 atom stereocenters. The van der Waals surface area contributed by atoms with Crippen LogP contribution in [0.4, 0.5) is 0 Å². The van der Waals surface area contributed by atoms with Crippen molar-refractivity contribution in [2.45, 2.75) is 13.3 Å². The molecule has 1 aliphatic rings. The summed E-state index contributed by atoms with van der Waals surface area (Å²) in [6, 6.07) is 24.5. The fourth-order valence-corrected chi connectivity index (χ4v) is 4.03. The second kappa shape index (κ2) is 4.20. The molecule has 0 spiro atoms. The summed E-state index contributed by atoms with van der Waals surface area (Å²) in [5, 5.41) is 5.49. The fraction of sp³-hybridized carbons (Fsp3) is 0.0909. The first-order valence-corrected chi connectivity index (χ1v) is 7.85. The summed E-state index contributed by atoms with van der Waals surface area (Å²) in [5.41, 5.74) is 7.22. The Morgan fingerprint density at radius 3 is 2.18 bits per heavy atom. The standard InChI is InChI=1S/C22H16/c1-14-12-17-13-16-11-10-15-6-2-3-8-19(15)21(16)22(17)20-9-5-4-7-18(14)20/h2-12H,13H2,1H3. The van der Waals surface area contributed by atoms with Crippen LogP contribution in [0, 0.1) is 6.92 Å². The Labute approximate surface area is 130 Å². The zero-order valence-corrected chi connectivity index (χ0v) is 12.6. The monoisotopic (exact) mass is 280 g/mol. The van der Waals surface area contributed by atoms with Gasteiger partial charge in [0.1, 0.15) is 0 Å². The molecule has 0 aromatic heterocycles. The van der Waals surface area contributed by atoms with Crippen molar-refractivity contribution in [2.24, 2.45) is 0 Å². The summed E-state index contributed by atoms with van der Waals surface area (Å²) in [5.74, 6) is 0. The molecular weight excluding hydrogens is 264 g/mol. The van der Waals surface area contributed by atoms with Crippen LogP contribution in [-0.4, -0.2) is 0 Å². The predicted molar refractivity (Wildman–Crippen MR) is 94.4 cm³/mol. The molecule has 4 aromatic carbocycles. The third kappa shape index (κ3) is 1.47. The number of rotatable bonds is 0. The normalized spacial score (nSPS) is 12.6. The van der Waals surface area contributed by atoms with Gasteiger partial charge in [-0.3, -0.25) is 0 Å². The molecular formula is C22H16. The van der Waals surface area contributed by atoms with Gasteiger partial charge in [-0.25, -0.2) is 0 Å². The second-order valence-electron chi connectivity index (χ2n) is 6.27. The molecule has 0 heterocycles. The van der Waals surface area contributed by atoms with Crippen LogP contribution in [0.2, 0.25) is 0 Å². The van der Waals surface area contributed by atoms with Crippen LogP contribution in [0.15, 0.2) is 66.7 Å². The predicted octanol–water partition coefficient (Wildman–Crippen LogP) is 5.87. The maximum atomic E-state index is 2.38. The van der Waals surface area contributed by atoms with Crippen LogP contribution < -0.4 is 0 Å². The molecule has 0 N–H and O–H groups in total. The van der Waals surface area contributed by atoms with E-state index in [-0.39, 0.29) is 0 Å². The highest BCUT2D eigenvalue weighted by Gasteiger charge is 2.23. The highest BCUT2D eigenvalue weighted by atomic mass is 14.3. The third-order valence-electron chi connectivity index (χ3n) is 4.98. The Morgan fingerprint density at radius 2 is 1.32 bits per heavy atom. The van der Waals surface area contributed by atoms with E-state index < -0.39 is 0 Å². The Morgan fingerprint density at radius 1 is 0.636 bits per heavy atom. The lowest BCUT2D eigenvalue weighted by Crippen LogP contribution is -1.87. The van der Waals surface area contributed by atoms with Crippen molar-refractivity contribution in [2.75, 3.05) is 0 Å². The average molecular weight is 280 g/mol. The summed E-state index contributed by atoms with van der Waals surface area (Å²) in [7, 11) is 0. The SMILES string of the molecule is Cc1cc2c(c3ccccc13)-c1c(ccc3ccccc13)C2. The van der Waals surface area contributed by atoms with Gasteiger partial charge in [-0.15, -0.1) is 0 Å². The first kappa shape index (κ1) is 12.0. The van der Waals surface area contributed by atoms with Crippen LogP contribution in [0.1, 0.15) is 16.7 Å². The van der Waals surface area contributed by atoms with E-state index in [0.717, 1.165) is 6.42 Å². The van der Waals surface area contributed by atoms with Gasteiger partial charge in [-0.2, -0.15) is 0 Å². The zero-order chi connectivity index (χ0) is 14.7. The Kier molecular flexibility index (Phi) is 2.29. The second-order valence-corrected chi connectivity index (χ2v) is 6.27. The first-order valence-electron chi connectivity index (χ1n) is 7.85. The van der Waals surface area contributed by atoms with E-state index in [2.05, 4.69) is 73.7 Å². The van der Waals surface area contributed by atoms with E-state index in [9.17, 15) is 0 Å². The summed E-state index contributed by atoms with van der Waals surface area (Å²) in [6.45, 7) is 2.23. The highest BCUT2D eigenvalue weighted by Crippen LogP contribution is 2.45. The van der Waals surface area contributed by atoms with Crippen molar-refractivity contribution in [3.63, 3.8) is 0 Å². The van der Waals surface area contributed by atoms with Gasteiger partial charge in [0.05, 0.1) is 0 Å². The van der Waals surface area contributed by atoms with E-state index in [4.69, 9.17) is 0 Å². The van der Waals surface area contributed by atoms with E-state index in [1.165, 1.54) is 49.4 Å². The van der Waals surface area contributed by atoms with Gasteiger partial charge < -0.3 is 0 Å². The molecule has 0 bridgehead atoms. The van der Waals surface area contributed by atoms with Gasteiger partial charge in [0.25, 0.3) is 0 Å². The topological polar surface area (TPSA) is 0 Å². The lowest BCUT2D eigenvalue weighted by atomic mass is 9.92. The summed E-state index contributed by atoms with van der Waals surface area (Å²) in [4.78, 5) is 0.